The molecule has 0 heterocycles. The molecular formula is C20H33NO3Si. The van der Waals surface area contributed by atoms with E-state index >= 15 is 0 Å². The summed E-state index contributed by atoms with van der Waals surface area (Å²) in [6.45, 7) is 9.68. The Kier molecular flexibility index (Phi) is 9.11. The minimum Gasteiger partial charge on any atom is -0.351 e. The number of amides is 1. The molecule has 4 nitrogen and oxygen atoms in total. The van der Waals surface area contributed by atoms with E-state index in [-0.39, 0.29) is 18.8 Å². The van der Waals surface area contributed by atoms with Crippen molar-refractivity contribution in [2.75, 3.05) is 20.9 Å². The summed E-state index contributed by atoms with van der Waals surface area (Å²) < 4.78 is 11.2. The van der Waals surface area contributed by atoms with Crippen LogP contribution in [0.4, 0.5) is 0 Å². The van der Waals surface area contributed by atoms with Crippen molar-refractivity contribution in [2.45, 2.75) is 51.2 Å². The molecule has 2 atom stereocenters. The Labute approximate surface area is 153 Å². The molecule has 0 radical (unpaired) electrons. The maximum Gasteiger partial charge on any atom is 0.222 e. The molecule has 1 amide bonds. The van der Waals surface area contributed by atoms with E-state index in [1.807, 2.05) is 51.4 Å². The second-order valence-corrected chi connectivity index (χ2v) is 13.1. The highest BCUT2D eigenvalue weighted by atomic mass is 28.3. The van der Waals surface area contributed by atoms with Gasteiger partial charge in [-0.05, 0) is 18.0 Å². The molecular weight excluding hydrogens is 330 g/mol. The van der Waals surface area contributed by atoms with Crippen molar-refractivity contribution < 1.29 is 14.3 Å². The number of allylic oxidation sites excluding steroid dienone is 1. The molecule has 0 spiro atoms. The van der Waals surface area contributed by atoms with E-state index in [9.17, 15) is 4.79 Å². The van der Waals surface area contributed by atoms with E-state index in [1.165, 1.54) is 0 Å². The molecule has 1 rings (SSSR count). The van der Waals surface area contributed by atoms with Gasteiger partial charge in [-0.1, -0.05) is 62.1 Å². The van der Waals surface area contributed by atoms with Gasteiger partial charge in [-0.2, -0.15) is 0 Å². The van der Waals surface area contributed by atoms with Crippen LogP contribution in [0.15, 0.2) is 42.5 Å². The van der Waals surface area contributed by atoms with Crippen molar-refractivity contribution in [2.24, 2.45) is 0 Å². The zero-order valence-corrected chi connectivity index (χ0v) is 17.5. The van der Waals surface area contributed by atoms with Gasteiger partial charge in [-0.15, -0.1) is 0 Å². The average Bonchev–Trinajstić information content (AvgIpc) is 2.55. The summed E-state index contributed by atoms with van der Waals surface area (Å²) in [7, 11) is 2.15. The van der Waals surface area contributed by atoms with Gasteiger partial charge in [0, 0.05) is 20.5 Å². The SMILES string of the molecule is CC(/C=C/C(CC(=O)N(C)C)[Si](C)(C)C)OCOCc1ccccc1. The predicted octanol–water partition coefficient (Wildman–Crippen LogP) is 4.31. The lowest BCUT2D eigenvalue weighted by atomic mass is 10.2. The van der Waals surface area contributed by atoms with Gasteiger partial charge in [0.15, 0.2) is 0 Å². The van der Waals surface area contributed by atoms with Crippen LogP contribution in [0, 0.1) is 0 Å². The smallest absolute Gasteiger partial charge is 0.222 e. The second kappa shape index (κ2) is 10.5. The van der Waals surface area contributed by atoms with E-state index in [4.69, 9.17) is 9.47 Å². The fourth-order valence-electron chi connectivity index (χ4n) is 2.27. The largest absolute Gasteiger partial charge is 0.351 e. The van der Waals surface area contributed by atoms with Gasteiger partial charge in [-0.25, -0.2) is 0 Å². The Morgan fingerprint density at radius 1 is 1.16 bits per heavy atom. The number of rotatable bonds is 10. The lowest BCUT2D eigenvalue weighted by Gasteiger charge is -2.27. The molecule has 25 heavy (non-hydrogen) atoms. The van der Waals surface area contributed by atoms with Crippen LogP contribution < -0.4 is 0 Å². The van der Waals surface area contributed by atoms with E-state index in [2.05, 4.69) is 31.8 Å². The number of benzene rings is 1. The van der Waals surface area contributed by atoms with Crippen molar-refractivity contribution in [3.63, 3.8) is 0 Å². The van der Waals surface area contributed by atoms with E-state index in [0.29, 0.717) is 18.6 Å². The fourth-order valence-corrected chi connectivity index (χ4v) is 3.74. The van der Waals surface area contributed by atoms with Gasteiger partial charge in [-0.3, -0.25) is 4.79 Å². The maximum atomic E-state index is 12.1. The maximum absolute atomic E-state index is 12.1. The Balaban J connectivity index is 2.43. The number of nitrogens with zero attached hydrogens (tertiary/aromatic N) is 1. The van der Waals surface area contributed by atoms with Crippen molar-refractivity contribution in [1.82, 2.24) is 4.90 Å². The molecule has 0 aliphatic rings. The number of hydrogen-bond acceptors (Lipinski definition) is 3. The van der Waals surface area contributed by atoms with Crippen LogP contribution in [-0.4, -0.2) is 45.9 Å². The van der Waals surface area contributed by atoms with Gasteiger partial charge < -0.3 is 14.4 Å². The van der Waals surface area contributed by atoms with Crippen LogP contribution in [-0.2, 0) is 20.9 Å². The van der Waals surface area contributed by atoms with Crippen LogP contribution in [0.25, 0.3) is 0 Å². The number of ether oxygens (including phenoxy) is 2. The van der Waals surface area contributed by atoms with Crippen molar-refractivity contribution in [1.29, 1.82) is 0 Å². The monoisotopic (exact) mass is 363 g/mol. The predicted molar refractivity (Wildman–Crippen MR) is 106 cm³/mol. The molecule has 0 aliphatic heterocycles. The van der Waals surface area contributed by atoms with Crippen LogP contribution in [0.2, 0.25) is 25.2 Å². The topological polar surface area (TPSA) is 38.8 Å². The quantitative estimate of drug-likeness (QED) is 0.269. The molecule has 2 unspecified atom stereocenters. The van der Waals surface area contributed by atoms with Crippen LogP contribution >= 0.6 is 0 Å². The first-order valence-corrected chi connectivity index (χ1v) is 12.4. The third-order valence-corrected chi connectivity index (χ3v) is 6.77. The minimum absolute atomic E-state index is 0.0379. The van der Waals surface area contributed by atoms with E-state index in [1.54, 1.807) is 4.90 Å². The van der Waals surface area contributed by atoms with Gasteiger partial charge in [0.1, 0.15) is 6.79 Å². The third-order valence-electron chi connectivity index (χ3n) is 4.15. The standard InChI is InChI=1S/C20H33NO3Si/c1-17(24-16-23-15-18-10-8-7-9-11-18)12-13-19(25(4,5)6)14-20(22)21(2)3/h7-13,17,19H,14-16H2,1-6H3/b13-12+. The molecule has 1 aromatic carbocycles. The lowest BCUT2D eigenvalue weighted by molar-refractivity contribution is -0.128. The summed E-state index contributed by atoms with van der Waals surface area (Å²) in [4.78, 5) is 13.7. The van der Waals surface area contributed by atoms with Crippen molar-refractivity contribution >= 4 is 14.0 Å². The first-order chi connectivity index (χ1) is 11.7. The molecule has 0 saturated carbocycles. The van der Waals surface area contributed by atoms with Gasteiger partial charge in [0.2, 0.25) is 5.91 Å². The molecule has 1 aromatic rings. The molecule has 0 fully saturated rings. The third kappa shape index (κ3) is 9.00. The van der Waals surface area contributed by atoms with Crippen molar-refractivity contribution in [3.05, 3.63) is 48.0 Å². The van der Waals surface area contributed by atoms with Crippen molar-refractivity contribution in [3.8, 4) is 0 Å². The van der Waals surface area contributed by atoms with E-state index in [0.717, 1.165) is 5.56 Å². The van der Waals surface area contributed by atoms with E-state index < -0.39 is 8.07 Å². The van der Waals surface area contributed by atoms with Gasteiger partial charge in [0.05, 0.1) is 20.8 Å². The second-order valence-electron chi connectivity index (χ2n) is 7.67. The molecule has 0 N–H and O–H groups in total. The first-order valence-electron chi connectivity index (χ1n) is 8.82. The fraction of sp³-hybridized carbons (Fsp3) is 0.550. The molecule has 0 aromatic heterocycles. The summed E-state index contributed by atoms with van der Waals surface area (Å²) in [5, 5.41) is 0. The molecule has 5 heteroatoms. The Bertz CT molecular complexity index is 538. The van der Waals surface area contributed by atoms with Crippen LogP contribution in [0.5, 0.6) is 0 Å². The normalized spacial score (nSPS) is 14.5. The molecule has 0 bridgehead atoms. The Morgan fingerprint density at radius 3 is 2.36 bits per heavy atom. The molecule has 0 saturated heterocycles. The minimum atomic E-state index is -1.47. The van der Waals surface area contributed by atoms with Crippen LogP contribution in [0.1, 0.15) is 18.9 Å². The summed E-state index contributed by atoms with van der Waals surface area (Å²) in [6, 6.07) is 10.0. The summed E-state index contributed by atoms with van der Waals surface area (Å²) in [5.74, 6) is 0.178. The lowest BCUT2D eigenvalue weighted by Crippen LogP contribution is -2.32. The molecule has 0 aliphatic carbocycles. The number of hydrogen-bond donors (Lipinski definition) is 0. The van der Waals surface area contributed by atoms with Gasteiger partial charge >= 0.3 is 0 Å². The zero-order chi connectivity index (χ0) is 18.9. The summed E-state index contributed by atoms with van der Waals surface area (Å²) >= 11 is 0. The zero-order valence-electron chi connectivity index (χ0n) is 16.5. The Hall–Kier alpha value is -1.43. The number of carbonyl (C=O) groups excluding carboxylic acids is 1. The average molecular weight is 364 g/mol. The summed E-state index contributed by atoms with van der Waals surface area (Å²) in [5.41, 5.74) is 1.44. The van der Waals surface area contributed by atoms with Crippen LogP contribution in [0.3, 0.4) is 0 Å². The first kappa shape index (κ1) is 21.6. The number of carbonyl (C=O) groups is 1. The highest BCUT2D eigenvalue weighted by molar-refractivity contribution is 6.78. The van der Waals surface area contributed by atoms with Gasteiger partial charge in [0.25, 0.3) is 0 Å². The Morgan fingerprint density at radius 2 is 1.80 bits per heavy atom. The molecule has 140 valence electrons. The highest BCUT2D eigenvalue weighted by Crippen LogP contribution is 2.28. The highest BCUT2D eigenvalue weighted by Gasteiger charge is 2.27. The summed E-state index contributed by atoms with van der Waals surface area (Å²) in [6.07, 6.45) is 4.74.